The molecule has 0 aliphatic heterocycles. The maximum atomic E-state index is 11.8. The summed E-state index contributed by atoms with van der Waals surface area (Å²) in [5.74, 6) is 1.28. The smallest absolute Gasteiger partial charge is 0.234 e. The van der Waals surface area contributed by atoms with Crippen LogP contribution in [0.1, 0.15) is 10.4 Å². The topological polar surface area (TPSA) is 29.1 Å². The fourth-order valence-corrected chi connectivity index (χ4v) is 3.50. The van der Waals surface area contributed by atoms with Crippen molar-refractivity contribution in [2.24, 2.45) is 0 Å². The van der Waals surface area contributed by atoms with Crippen LogP contribution in [-0.2, 0) is 10.5 Å². The van der Waals surface area contributed by atoms with Gasteiger partial charge in [-0.1, -0.05) is 23.7 Å². The number of aryl methyl sites for hydroxylation is 1. The number of carbonyl (C=O) groups is 1. The number of nitrogens with one attached hydrogen (secondary N) is 1. The number of hydrogen-bond acceptors (Lipinski definition) is 3. The molecule has 1 amide bonds. The van der Waals surface area contributed by atoms with Crippen molar-refractivity contribution in [2.75, 3.05) is 11.1 Å². The zero-order valence-electron chi connectivity index (χ0n) is 10.5. The van der Waals surface area contributed by atoms with Gasteiger partial charge in [-0.25, -0.2) is 0 Å². The summed E-state index contributed by atoms with van der Waals surface area (Å²) in [6, 6.07) is 9.70. The first-order chi connectivity index (χ1) is 9.15. The predicted octanol–water partition coefficient (Wildman–Crippen LogP) is 4.58. The van der Waals surface area contributed by atoms with Crippen molar-refractivity contribution in [3.8, 4) is 0 Å². The van der Waals surface area contributed by atoms with E-state index in [4.69, 9.17) is 11.6 Å². The van der Waals surface area contributed by atoms with Gasteiger partial charge in [0.1, 0.15) is 0 Å². The number of thioether (sulfide) groups is 1. The van der Waals surface area contributed by atoms with E-state index in [0.717, 1.165) is 11.3 Å². The van der Waals surface area contributed by atoms with Crippen LogP contribution >= 0.6 is 34.7 Å². The van der Waals surface area contributed by atoms with Crippen LogP contribution in [0.5, 0.6) is 0 Å². The molecule has 1 aromatic heterocycles. The first-order valence-electron chi connectivity index (χ1n) is 5.81. The molecule has 0 radical (unpaired) electrons. The van der Waals surface area contributed by atoms with Crippen LogP contribution in [0.3, 0.4) is 0 Å². The maximum Gasteiger partial charge on any atom is 0.234 e. The summed E-state index contributed by atoms with van der Waals surface area (Å²) in [6.45, 7) is 1.97. The van der Waals surface area contributed by atoms with E-state index >= 15 is 0 Å². The van der Waals surface area contributed by atoms with E-state index in [9.17, 15) is 4.79 Å². The van der Waals surface area contributed by atoms with E-state index in [1.165, 1.54) is 4.88 Å². The lowest BCUT2D eigenvalue weighted by Gasteiger charge is -2.07. The number of carbonyl (C=O) groups excluding carboxylic acids is 1. The van der Waals surface area contributed by atoms with Gasteiger partial charge < -0.3 is 5.32 Å². The summed E-state index contributed by atoms with van der Waals surface area (Å²) in [6.07, 6.45) is 0. The van der Waals surface area contributed by atoms with Gasteiger partial charge in [-0.05, 0) is 36.1 Å². The normalized spacial score (nSPS) is 10.4. The minimum Gasteiger partial charge on any atom is -0.324 e. The third kappa shape index (κ3) is 4.56. The number of benzene rings is 1. The number of hydrogen-bond donors (Lipinski definition) is 1. The Kier molecular flexibility index (Phi) is 5.31. The van der Waals surface area contributed by atoms with Gasteiger partial charge in [-0.2, -0.15) is 0 Å². The standard InChI is InChI=1S/C14H14ClNOS2/c1-10-4-5-13(12(15)7-10)16-14(17)9-18-8-11-3-2-6-19-11/h2-7H,8-9H2,1H3,(H,16,17). The number of anilines is 1. The summed E-state index contributed by atoms with van der Waals surface area (Å²) in [4.78, 5) is 13.1. The van der Waals surface area contributed by atoms with Crippen molar-refractivity contribution >= 4 is 46.3 Å². The molecule has 0 saturated carbocycles. The Morgan fingerprint density at radius 3 is 2.95 bits per heavy atom. The summed E-state index contributed by atoms with van der Waals surface area (Å²) >= 11 is 9.38. The van der Waals surface area contributed by atoms with Gasteiger partial charge in [0, 0.05) is 10.6 Å². The molecule has 1 heterocycles. The van der Waals surface area contributed by atoms with Gasteiger partial charge in [0.25, 0.3) is 0 Å². The van der Waals surface area contributed by atoms with E-state index in [2.05, 4.69) is 11.4 Å². The first-order valence-corrected chi connectivity index (χ1v) is 8.22. The third-order valence-corrected chi connectivity index (χ3v) is 4.81. The molecular formula is C14H14ClNOS2. The van der Waals surface area contributed by atoms with Crippen LogP contribution < -0.4 is 5.32 Å². The van der Waals surface area contributed by atoms with E-state index in [1.54, 1.807) is 23.1 Å². The van der Waals surface area contributed by atoms with Gasteiger partial charge in [-0.3, -0.25) is 4.79 Å². The van der Waals surface area contributed by atoms with Crippen molar-refractivity contribution < 1.29 is 4.79 Å². The molecule has 0 spiro atoms. The fourth-order valence-electron chi connectivity index (χ4n) is 1.55. The molecule has 2 aromatic rings. The van der Waals surface area contributed by atoms with E-state index in [0.29, 0.717) is 16.5 Å². The van der Waals surface area contributed by atoms with Gasteiger partial charge in [0.05, 0.1) is 16.5 Å². The largest absolute Gasteiger partial charge is 0.324 e. The van der Waals surface area contributed by atoms with Gasteiger partial charge in [0.15, 0.2) is 0 Å². The average molecular weight is 312 g/mol. The minimum atomic E-state index is -0.0210. The highest BCUT2D eigenvalue weighted by molar-refractivity contribution is 7.99. The lowest BCUT2D eigenvalue weighted by atomic mass is 10.2. The zero-order valence-corrected chi connectivity index (χ0v) is 12.9. The summed E-state index contributed by atoms with van der Waals surface area (Å²) < 4.78 is 0. The van der Waals surface area contributed by atoms with E-state index in [-0.39, 0.29) is 5.91 Å². The molecule has 0 unspecified atom stereocenters. The second-order valence-corrected chi connectivity index (χ2v) is 6.53. The Labute approximate surface area is 126 Å². The van der Waals surface area contributed by atoms with E-state index < -0.39 is 0 Å². The van der Waals surface area contributed by atoms with Crippen LogP contribution in [0.4, 0.5) is 5.69 Å². The van der Waals surface area contributed by atoms with Crippen molar-refractivity contribution in [3.05, 3.63) is 51.2 Å². The molecule has 0 atom stereocenters. The quantitative estimate of drug-likeness (QED) is 0.875. The van der Waals surface area contributed by atoms with Gasteiger partial charge in [-0.15, -0.1) is 23.1 Å². The van der Waals surface area contributed by atoms with Crippen LogP contribution in [0.15, 0.2) is 35.7 Å². The second kappa shape index (κ2) is 6.98. The zero-order chi connectivity index (χ0) is 13.7. The highest BCUT2D eigenvalue weighted by Crippen LogP contribution is 2.23. The SMILES string of the molecule is Cc1ccc(NC(=O)CSCc2cccs2)c(Cl)c1. The average Bonchev–Trinajstić information content (AvgIpc) is 2.86. The molecule has 0 aliphatic carbocycles. The highest BCUT2D eigenvalue weighted by atomic mass is 35.5. The van der Waals surface area contributed by atoms with Crippen LogP contribution in [-0.4, -0.2) is 11.7 Å². The lowest BCUT2D eigenvalue weighted by molar-refractivity contribution is -0.113. The molecule has 2 nitrogen and oxygen atoms in total. The number of amides is 1. The van der Waals surface area contributed by atoms with Crippen molar-refractivity contribution in [2.45, 2.75) is 12.7 Å². The molecule has 1 N–H and O–H groups in total. The fraction of sp³-hybridized carbons (Fsp3) is 0.214. The molecule has 0 saturated heterocycles. The highest BCUT2D eigenvalue weighted by Gasteiger charge is 2.06. The molecule has 19 heavy (non-hydrogen) atoms. The summed E-state index contributed by atoms with van der Waals surface area (Å²) in [5, 5.41) is 5.45. The van der Waals surface area contributed by atoms with Crippen LogP contribution in [0, 0.1) is 6.92 Å². The second-order valence-electron chi connectivity index (χ2n) is 4.10. The van der Waals surface area contributed by atoms with Crippen LogP contribution in [0.2, 0.25) is 5.02 Å². The van der Waals surface area contributed by atoms with Crippen LogP contribution in [0.25, 0.3) is 0 Å². The minimum absolute atomic E-state index is 0.0210. The predicted molar refractivity (Wildman–Crippen MR) is 85.3 cm³/mol. The molecule has 0 aliphatic rings. The van der Waals surface area contributed by atoms with Gasteiger partial charge in [0.2, 0.25) is 5.91 Å². The third-order valence-electron chi connectivity index (χ3n) is 2.46. The summed E-state index contributed by atoms with van der Waals surface area (Å²) in [5.41, 5.74) is 1.75. The maximum absolute atomic E-state index is 11.8. The Balaban J connectivity index is 1.80. The van der Waals surface area contributed by atoms with Crippen molar-refractivity contribution in [1.82, 2.24) is 0 Å². The monoisotopic (exact) mass is 311 g/mol. The molecular weight excluding hydrogens is 298 g/mol. The number of thiophene rings is 1. The molecule has 2 rings (SSSR count). The number of halogens is 1. The van der Waals surface area contributed by atoms with Crippen molar-refractivity contribution in [3.63, 3.8) is 0 Å². The van der Waals surface area contributed by atoms with Crippen molar-refractivity contribution in [1.29, 1.82) is 0 Å². The molecule has 0 fully saturated rings. The first kappa shape index (κ1) is 14.4. The number of rotatable bonds is 5. The molecule has 1 aromatic carbocycles. The lowest BCUT2D eigenvalue weighted by Crippen LogP contribution is -2.14. The molecule has 5 heteroatoms. The molecule has 100 valence electrons. The summed E-state index contributed by atoms with van der Waals surface area (Å²) in [7, 11) is 0. The Morgan fingerprint density at radius 1 is 1.42 bits per heavy atom. The Bertz CT molecular complexity index is 555. The molecule has 0 bridgehead atoms. The Hall–Kier alpha value is -0.970. The van der Waals surface area contributed by atoms with Gasteiger partial charge >= 0.3 is 0 Å². The van der Waals surface area contributed by atoms with E-state index in [1.807, 2.05) is 36.6 Å². The Morgan fingerprint density at radius 2 is 2.26 bits per heavy atom.